The summed E-state index contributed by atoms with van der Waals surface area (Å²) in [4.78, 5) is 10.7. The summed E-state index contributed by atoms with van der Waals surface area (Å²) in [7, 11) is 0. The van der Waals surface area contributed by atoms with Crippen LogP contribution in [0.1, 0.15) is 31.6 Å². The van der Waals surface area contributed by atoms with Crippen molar-refractivity contribution in [1.29, 1.82) is 0 Å². The number of amides is 1. The molecule has 1 heterocycles. The molecular formula is C13H17NOS. The number of nitrogens with two attached hydrogens (primary N) is 1. The van der Waals surface area contributed by atoms with Crippen LogP contribution in [-0.4, -0.2) is 5.91 Å². The van der Waals surface area contributed by atoms with Crippen molar-refractivity contribution in [1.82, 2.24) is 0 Å². The number of rotatable bonds is 1. The minimum absolute atomic E-state index is 0.333. The van der Waals surface area contributed by atoms with Crippen LogP contribution in [0, 0.1) is 0 Å². The van der Waals surface area contributed by atoms with Crippen LogP contribution in [0.3, 0.4) is 0 Å². The van der Waals surface area contributed by atoms with Gasteiger partial charge in [0.25, 0.3) is 0 Å². The van der Waals surface area contributed by atoms with Gasteiger partial charge in [-0.1, -0.05) is 32.0 Å². The molecule has 1 aromatic heterocycles. The second-order valence-corrected chi connectivity index (χ2v) is 5.07. The molecule has 0 saturated carbocycles. The van der Waals surface area contributed by atoms with Gasteiger partial charge in [-0.3, -0.25) is 4.79 Å². The molecule has 1 amide bonds. The number of primary amides is 1. The second-order valence-electron chi connectivity index (χ2n) is 3.95. The number of hydrogen-bond acceptors (Lipinski definition) is 2. The topological polar surface area (TPSA) is 43.1 Å². The van der Waals surface area contributed by atoms with Crippen LogP contribution in [0.5, 0.6) is 0 Å². The fourth-order valence-electron chi connectivity index (χ4n) is 1.29. The average Bonchev–Trinajstić information content (AvgIpc) is 2.59. The van der Waals surface area contributed by atoms with Crippen LogP contribution in [0.25, 0.3) is 10.1 Å². The molecular weight excluding hydrogens is 218 g/mol. The van der Waals surface area contributed by atoms with E-state index in [0.29, 0.717) is 5.92 Å². The highest BCUT2D eigenvalue weighted by Gasteiger charge is 2.03. The number of benzene rings is 1. The standard InChI is InChI=1S/C11H12S.C2H5NO/c1-8(2)11-7-9-5-3-4-6-10(9)12-11;1-2(3)4/h3-8H,1-2H3;1H3,(H2,3,4). The number of fused-ring (bicyclic) bond motifs is 1. The maximum Gasteiger partial charge on any atom is 0.214 e. The van der Waals surface area contributed by atoms with Crippen molar-refractivity contribution >= 4 is 27.3 Å². The molecule has 0 unspecified atom stereocenters. The molecule has 3 heteroatoms. The predicted octanol–water partition coefficient (Wildman–Crippen LogP) is 3.52. The molecule has 16 heavy (non-hydrogen) atoms. The highest BCUT2D eigenvalue weighted by atomic mass is 32.1. The van der Waals surface area contributed by atoms with Crippen molar-refractivity contribution in [3.63, 3.8) is 0 Å². The summed E-state index contributed by atoms with van der Waals surface area (Å²) >= 11 is 1.91. The molecule has 2 aromatic rings. The summed E-state index contributed by atoms with van der Waals surface area (Å²) in [5, 5.41) is 1.38. The van der Waals surface area contributed by atoms with Gasteiger partial charge in [-0.15, -0.1) is 11.3 Å². The van der Waals surface area contributed by atoms with Gasteiger partial charge >= 0.3 is 0 Å². The van der Waals surface area contributed by atoms with Crippen molar-refractivity contribution in [2.24, 2.45) is 5.73 Å². The van der Waals surface area contributed by atoms with E-state index in [0.717, 1.165) is 0 Å². The van der Waals surface area contributed by atoms with Crippen LogP contribution in [0.2, 0.25) is 0 Å². The Hall–Kier alpha value is -1.35. The predicted molar refractivity (Wildman–Crippen MR) is 70.8 cm³/mol. The lowest BCUT2D eigenvalue weighted by atomic mass is 10.1. The van der Waals surface area contributed by atoms with Crippen molar-refractivity contribution in [3.8, 4) is 0 Å². The smallest absolute Gasteiger partial charge is 0.214 e. The largest absolute Gasteiger partial charge is 0.370 e. The minimum Gasteiger partial charge on any atom is -0.370 e. The summed E-state index contributed by atoms with van der Waals surface area (Å²) in [6.07, 6.45) is 0. The molecule has 0 aliphatic heterocycles. The zero-order valence-electron chi connectivity index (χ0n) is 9.86. The van der Waals surface area contributed by atoms with Gasteiger partial charge in [-0.25, -0.2) is 0 Å². The first kappa shape index (κ1) is 12.7. The summed E-state index contributed by atoms with van der Waals surface area (Å²) in [6, 6.07) is 10.9. The Labute approximate surface area is 100 Å². The van der Waals surface area contributed by atoms with Crippen LogP contribution >= 0.6 is 11.3 Å². The Kier molecular flexibility index (Phi) is 4.50. The molecule has 0 atom stereocenters. The third-order valence-corrected chi connectivity index (χ3v) is 3.43. The molecule has 2 nitrogen and oxygen atoms in total. The van der Waals surface area contributed by atoms with E-state index >= 15 is 0 Å². The van der Waals surface area contributed by atoms with E-state index < -0.39 is 0 Å². The first-order valence-corrected chi connectivity index (χ1v) is 6.07. The third kappa shape index (κ3) is 3.66. The van der Waals surface area contributed by atoms with Crippen LogP contribution in [0.4, 0.5) is 0 Å². The highest BCUT2D eigenvalue weighted by molar-refractivity contribution is 7.19. The molecule has 0 radical (unpaired) electrons. The van der Waals surface area contributed by atoms with Crippen molar-refractivity contribution < 1.29 is 4.79 Å². The van der Waals surface area contributed by atoms with Crippen molar-refractivity contribution in [3.05, 3.63) is 35.2 Å². The Morgan fingerprint density at radius 2 is 1.88 bits per heavy atom. The Bertz CT molecular complexity index is 436. The van der Waals surface area contributed by atoms with Crippen molar-refractivity contribution in [2.45, 2.75) is 26.7 Å². The lowest BCUT2D eigenvalue weighted by Crippen LogP contribution is -2.01. The molecule has 2 rings (SSSR count). The molecule has 0 saturated heterocycles. The lowest BCUT2D eigenvalue weighted by molar-refractivity contribution is -0.115. The van der Waals surface area contributed by atoms with Gasteiger partial charge in [0.15, 0.2) is 0 Å². The minimum atomic E-state index is -0.333. The van der Waals surface area contributed by atoms with Gasteiger partial charge in [0.2, 0.25) is 5.91 Å². The molecule has 0 aliphatic rings. The Morgan fingerprint density at radius 1 is 1.31 bits per heavy atom. The summed E-state index contributed by atoms with van der Waals surface area (Å²) < 4.78 is 1.40. The number of thiophene rings is 1. The average molecular weight is 235 g/mol. The maximum absolute atomic E-state index is 9.22. The molecule has 0 fully saturated rings. The Balaban J connectivity index is 0.000000280. The quantitative estimate of drug-likeness (QED) is 0.807. The summed E-state index contributed by atoms with van der Waals surface area (Å²) in [5.74, 6) is 0.322. The summed E-state index contributed by atoms with van der Waals surface area (Å²) in [6.45, 7) is 5.79. The fraction of sp³-hybridized carbons (Fsp3) is 0.308. The van der Waals surface area contributed by atoms with Gasteiger partial charge in [-0.2, -0.15) is 0 Å². The van der Waals surface area contributed by atoms with Crippen LogP contribution < -0.4 is 5.73 Å². The number of carbonyl (C=O) groups is 1. The molecule has 0 aliphatic carbocycles. The molecule has 0 bridgehead atoms. The normalized spacial score (nSPS) is 10.0. The SMILES string of the molecule is CC(C)c1cc2ccccc2s1.CC(N)=O. The maximum atomic E-state index is 9.22. The first-order valence-electron chi connectivity index (χ1n) is 5.25. The van der Waals surface area contributed by atoms with E-state index in [-0.39, 0.29) is 5.91 Å². The fourth-order valence-corrected chi connectivity index (χ4v) is 2.35. The molecule has 86 valence electrons. The van der Waals surface area contributed by atoms with E-state index in [2.05, 4.69) is 49.9 Å². The van der Waals surface area contributed by atoms with Crippen molar-refractivity contribution in [2.75, 3.05) is 0 Å². The van der Waals surface area contributed by atoms with E-state index in [9.17, 15) is 4.79 Å². The van der Waals surface area contributed by atoms with E-state index in [1.54, 1.807) is 0 Å². The van der Waals surface area contributed by atoms with Gasteiger partial charge in [0, 0.05) is 16.5 Å². The monoisotopic (exact) mass is 235 g/mol. The van der Waals surface area contributed by atoms with Gasteiger partial charge in [-0.05, 0) is 23.4 Å². The third-order valence-electron chi connectivity index (χ3n) is 2.01. The van der Waals surface area contributed by atoms with Gasteiger partial charge < -0.3 is 5.73 Å². The van der Waals surface area contributed by atoms with Gasteiger partial charge in [0.05, 0.1) is 0 Å². The molecule has 2 N–H and O–H groups in total. The Morgan fingerprint density at radius 3 is 2.38 bits per heavy atom. The van der Waals surface area contributed by atoms with Crippen LogP contribution in [-0.2, 0) is 4.79 Å². The highest BCUT2D eigenvalue weighted by Crippen LogP contribution is 2.29. The zero-order valence-corrected chi connectivity index (χ0v) is 10.7. The number of hydrogen-bond donors (Lipinski definition) is 1. The van der Waals surface area contributed by atoms with E-state index in [4.69, 9.17) is 0 Å². The van der Waals surface area contributed by atoms with E-state index in [1.807, 2.05) is 11.3 Å². The summed E-state index contributed by atoms with van der Waals surface area (Å²) in [5.41, 5.74) is 4.47. The van der Waals surface area contributed by atoms with E-state index in [1.165, 1.54) is 21.9 Å². The zero-order chi connectivity index (χ0) is 12.1. The molecule has 1 aromatic carbocycles. The van der Waals surface area contributed by atoms with Crippen LogP contribution in [0.15, 0.2) is 30.3 Å². The second kappa shape index (κ2) is 5.66. The lowest BCUT2D eigenvalue weighted by Gasteiger charge is -1.96. The van der Waals surface area contributed by atoms with Gasteiger partial charge in [0.1, 0.15) is 0 Å². The first-order chi connectivity index (χ1) is 7.50. The molecule has 0 spiro atoms. The number of carbonyl (C=O) groups excluding carboxylic acids is 1.